The maximum Gasteiger partial charge on any atom is 0.243 e. The Kier molecular flexibility index (Phi) is 7.16. The van der Waals surface area contributed by atoms with Gasteiger partial charge >= 0.3 is 0 Å². The van der Waals surface area contributed by atoms with Crippen LogP contribution in [0.1, 0.15) is 19.4 Å². The average molecular weight is 322 g/mol. The van der Waals surface area contributed by atoms with Crippen molar-refractivity contribution < 1.29 is 21.9 Å². The number of hydrogen-bond acceptors (Lipinski definition) is 4. The second-order valence-corrected chi connectivity index (χ2v) is 6.00. The average Bonchev–Trinajstić information content (AvgIpc) is 2.44. The summed E-state index contributed by atoms with van der Waals surface area (Å²) in [5.41, 5.74) is 0.362. The van der Waals surface area contributed by atoms with Crippen molar-refractivity contribution in [3.05, 3.63) is 29.3 Å². The molecule has 0 saturated heterocycles. The molecule has 0 aliphatic carbocycles. The van der Waals surface area contributed by atoms with Crippen LogP contribution in [0.3, 0.4) is 0 Å². The van der Waals surface area contributed by atoms with Crippen LogP contribution in [0.4, 0.5) is 8.78 Å². The summed E-state index contributed by atoms with van der Waals surface area (Å²) in [4.78, 5) is -0.688. The molecule has 1 aromatic rings. The van der Waals surface area contributed by atoms with E-state index in [1.54, 1.807) is 6.92 Å². The van der Waals surface area contributed by atoms with Crippen molar-refractivity contribution in [2.75, 3.05) is 26.3 Å². The molecule has 8 heteroatoms. The number of benzene rings is 1. The molecule has 0 atom stereocenters. The van der Waals surface area contributed by atoms with E-state index in [-0.39, 0.29) is 19.7 Å². The topological polar surface area (TPSA) is 67.4 Å². The molecule has 0 bridgehead atoms. The fourth-order valence-corrected chi connectivity index (χ4v) is 2.80. The van der Waals surface area contributed by atoms with Crippen LogP contribution >= 0.6 is 0 Å². The van der Waals surface area contributed by atoms with Crippen LogP contribution in [0.5, 0.6) is 0 Å². The van der Waals surface area contributed by atoms with Gasteiger partial charge in [0.2, 0.25) is 10.0 Å². The third-order valence-electron chi connectivity index (χ3n) is 2.67. The predicted octanol–water partition coefficient (Wildman–Crippen LogP) is 1.39. The Hall–Kier alpha value is -1.09. The van der Waals surface area contributed by atoms with Gasteiger partial charge in [0, 0.05) is 19.7 Å². The predicted molar refractivity (Wildman–Crippen MR) is 75.4 cm³/mol. The van der Waals surface area contributed by atoms with Crippen molar-refractivity contribution in [2.45, 2.75) is 25.3 Å². The molecule has 0 amide bonds. The standard InChI is InChI=1S/C13H20F2N2O3S/c1-3-16-9-10-7-11(14)13(15)12(8-10)21(18,19)17-5-6-20-4-2/h7-8,16-17H,3-6,9H2,1-2H3. The van der Waals surface area contributed by atoms with E-state index < -0.39 is 26.6 Å². The summed E-state index contributed by atoms with van der Waals surface area (Å²) in [6.07, 6.45) is 0. The summed E-state index contributed by atoms with van der Waals surface area (Å²) in [6, 6.07) is 2.11. The van der Waals surface area contributed by atoms with Crippen molar-refractivity contribution >= 4 is 10.0 Å². The van der Waals surface area contributed by atoms with Crippen LogP contribution in [0, 0.1) is 11.6 Å². The third-order valence-corrected chi connectivity index (χ3v) is 4.13. The van der Waals surface area contributed by atoms with Crippen molar-refractivity contribution in [3.8, 4) is 0 Å². The van der Waals surface area contributed by atoms with Crippen molar-refractivity contribution in [1.82, 2.24) is 10.0 Å². The Morgan fingerprint density at radius 3 is 2.57 bits per heavy atom. The van der Waals surface area contributed by atoms with E-state index in [9.17, 15) is 17.2 Å². The number of ether oxygens (including phenoxy) is 1. The molecule has 0 fully saturated rings. The molecule has 1 rings (SSSR count). The van der Waals surface area contributed by atoms with Crippen molar-refractivity contribution in [3.63, 3.8) is 0 Å². The molecule has 0 aromatic heterocycles. The number of halogens is 2. The van der Waals surface area contributed by atoms with Gasteiger partial charge in [0.25, 0.3) is 0 Å². The van der Waals surface area contributed by atoms with Gasteiger partial charge in [0.1, 0.15) is 4.90 Å². The number of hydrogen-bond donors (Lipinski definition) is 2. The van der Waals surface area contributed by atoms with E-state index in [1.807, 2.05) is 6.92 Å². The zero-order chi connectivity index (χ0) is 15.9. The molecule has 5 nitrogen and oxygen atoms in total. The van der Waals surface area contributed by atoms with Crippen LogP contribution in [-0.2, 0) is 21.3 Å². The molecule has 21 heavy (non-hydrogen) atoms. The first kappa shape index (κ1) is 18.0. The largest absolute Gasteiger partial charge is 0.380 e. The summed E-state index contributed by atoms with van der Waals surface area (Å²) < 4.78 is 58.4. The van der Waals surface area contributed by atoms with Gasteiger partial charge in [0.15, 0.2) is 11.6 Å². The molecular weight excluding hydrogens is 302 g/mol. The molecule has 0 aliphatic heterocycles. The minimum Gasteiger partial charge on any atom is -0.380 e. The summed E-state index contributed by atoms with van der Waals surface area (Å²) in [6.45, 7) is 5.12. The summed E-state index contributed by atoms with van der Waals surface area (Å²) in [5, 5.41) is 2.93. The van der Waals surface area contributed by atoms with Gasteiger partial charge in [0.05, 0.1) is 6.61 Å². The fourth-order valence-electron chi connectivity index (χ4n) is 1.65. The molecule has 0 radical (unpaired) electrons. The SMILES string of the molecule is CCNCc1cc(F)c(F)c(S(=O)(=O)NCCOCC)c1. The lowest BCUT2D eigenvalue weighted by Crippen LogP contribution is -2.28. The van der Waals surface area contributed by atoms with Gasteiger partial charge in [-0.05, 0) is 31.2 Å². The maximum atomic E-state index is 13.7. The minimum absolute atomic E-state index is 0.00529. The van der Waals surface area contributed by atoms with Gasteiger partial charge in [-0.3, -0.25) is 0 Å². The van der Waals surface area contributed by atoms with Crippen LogP contribution in [-0.4, -0.2) is 34.7 Å². The van der Waals surface area contributed by atoms with E-state index in [0.717, 1.165) is 12.1 Å². The second kappa shape index (κ2) is 8.38. The highest BCUT2D eigenvalue weighted by atomic mass is 32.2. The van der Waals surface area contributed by atoms with Crippen LogP contribution in [0.25, 0.3) is 0 Å². The van der Waals surface area contributed by atoms with E-state index in [2.05, 4.69) is 10.0 Å². The molecule has 2 N–H and O–H groups in total. The zero-order valence-corrected chi connectivity index (χ0v) is 12.9. The fraction of sp³-hybridized carbons (Fsp3) is 0.538. The Bertz CT molecular complexity index is 565. The number of nitrogens with one attached hydrogen (secondary N) is 2. The van der Waals surface area contributed by atoms with Gasteiger partial charge in [-0.2, -0.15) is 0 Å². The molecule has 0 aliphatic rings. The van der Waals surface area contributed by atoms with Gasteiger partial charge in [-0.25, -0.2) is 21.9 Å². The summed E-state index contributed by atoms with van der Waals surface area (Å²) in [5.74, 6) is -2.56. The molecular formula is C13H20F2N2O3S. The molecule has 0 spiro atoms. The molecule has 1 aromatic carbocycles. The minimum atomic E-state index is -4.11. The van der Waals surface area contributed by atoms with Gasteiger partial charge < -0.3 is 10.1 Å². The van der Waals surface area contributed by atoms with Crippen LogP contribution in [0.15, 0.2) is 17.0 Å². The van der Waals surface area contributed by atoms with Gasteiger partial charge in [-0.15, -0.1) is 0 Å². The second-order valence-electron chi connectivity index (χ2n) is 4.26. The smallest absolute Gasteiger partial charge is 0.243 e. The van der Waals surface area contributed by atoms with Gasteiger partial charge in [-0.1, -0.05) is 6.92 Å². The molecule has 0 saturated carbocycles. The number of rotatable bonds is 9. The van der Waals surface area contributed by atoms with Crippen molar-refractivity contribution in [1.29, 1.82) is 0 Å². The molecule has 0 heterocycles. The monoisotopic (exact) mass is 322 g/mol. The van der Waals surface area contributed by atoms with E-state index >= 15 is 0 Å². The Morgan fingerprint density at radius 2 is 1.95 bits per heavy atom. The zero-order valence-electron chi connectivity index (χ0n) is 12.1. The first-order valence-corrected chi connectivity index (χ1v) is 8.16. The lowest BCUT2D eigenvalue weighted by molar-refractivity contribution is 0.153. The lowest BCUT2D eigenvalue weighted by Gasteiger charge is -2.10. The first-order valence-electron chi connectivity index (χ1n) is 6.68. The van der Waals surface area contributed by atoms with E-state index in [1.165, 1.54) is 0 Å². The van der Waals surface area contributed by atoms with Crippen LogP contribution in [0.2, 0.25) is 0 Å². The highest BCUT2D eigenvalue weighted by Gasteiger charge is 2.22. The highest BCUT2D eigenvalue weighted by Crippen LogP contribution is 2.19. The van der Waals surface area contributed by atoms with E-state index in [4.69, 9.17) is 4.74 Å². The van der Waals surface area contributed by atoms with Crippen molar-refractivity contribution in [2.24, 2.45) is 0 Å². The maximum absolute atomic E-state index is 13.7. The molecule has 120 valence electrons. The number of sulfonamides is 1. The Morgan fingerprint density at radius 1 is 1.24 bits per heavy atom. The van der Waals surface area contributed by atoms with E-state index in [0.29, 0.717) is 18.7 Å². The quantitative estimate of drug-likeness (QED) is 0.674. The third kappa shape index (κ3) is 5.31. The van der Waals surface area contributed by atoms with Crippen LogP contribution < -0.4 is 10.0 Å². The Balaban J connectivity index is 2.95. The normalized spacial score (nSPS) is 11.8. The lowest BCUT2D eigenvalue weighted by atomic mass is 10.2. The summed E-state index contributed by atoms with van der Waals surface area (Å²) in [7, 11) is -4.11. The first-order chi connectivity index (χ1) is 9.92. The Labute approximate surface area is 123 Å². The summed E-state index contributed by atoms with van der Waals surface area (Å²) >= 11 is 0. The highest BCUT2D eigenvalue weighted by molar-refractivity contribution is 7.89. The molecule has 0 unspecified atom stereocenters.